The van der Waals surface area contributed by atoms with Crippen LogP contribution < -0.4 is 9.80 Å². The summed E-state index contributed by atoms with van der Waals surface area (Å²) in [6.07, 6.45) is -4.38. The minimum absolute atomic E-state index is 0.0289. The Morgan fingerprint density at radius 3 is 2.24 bits per heavy atom. The molecule has 0 unspecified atom stereocenters. The lowest BCUT2D eigenvalue weighted by Crippen LogP contribution is -2.52. The van der Waals surface area contributed by atoms with E-state index >= 15 is 0 Å². The highest BCUT2D eigenvalue weighted by Crippen LogP contribution is 2.32. The number of nitrogens with zero attached hydrogens (tertiary/aromatic N) is 3. The van der Waals surface area contributed by atoms with Crippen molar-refractivity contribution in [2.75, 3.05) is 43.1 Å². The van der Waals surface area contributed by atoms with Crippen LogP contribution in [0.25, 0.3) is 0 Å². The van der Waals surface area contributed by atoms with E-state index in [9.17, 15) is 27.6 Å². The molecule has 2 aromatic carbocycles. The average Bonchev–Trinajstić information content (AvgIpc) is 3.12. The number of esters is 1. The number of hydrogen-bond acceptors (Lipinski definition) is 6. The summed E-state index contributed by atoms with van der Waals surface area (Å²) >= 11 is 0. The molecular formula is C23H22F3N3O4. The zero-order valence-electron chi connectivity index (χ0n) is 17.8. The Morgan fingerprint density at radius 1 is 0.970 bits per heavy atom. The van der Waals surface area contributed by atoms with Crippen molar-refractivity contribution in [3.05, 3.63) is 59.7 Å². The van der Waals surface area contributed by atoms with E-state index in [0.717, 1.165) is 17.0 Å². The fraction of sp³-hybridized carbons (Fsp3) is 0.348. The van der Waals surface area contributed by atoms with Gasteiger partial charge in [0.15, 0.2) is 0 Å². The molecular weight excluding hydrogens is 439 g/mol. The quantitative estimate of drug-likeness (QED) is 0.515. The summed E-state index contributed by atoms with van der Waals surface area (Å²) in [7, 11) is 1.27. The van der Waals surface area contributed by atoms with Crippen LogP contribution in [-0.4, -0.2) is 62.0 Å². The van der Waals surface area contributed by atoms with E-state index in [4.69, 9.17) is 0 Å². The molecule has 0 bridgehead atoms. The number of rotatable bonds is 4. The Bertz CT molecular complexity index is 1060. The van der Waals surface area contributed by atoms with E-state index in [2.05, 4.69) is 4.74 Å². The Kier molecular flexibility index (Phi) is 6.11. The number of piperazine rings is 1. The molecule has 0 radical (unpaired) electrons. The molecule has 10 heteroatoms. The van der Waals surface area contributed by atoms with E-state index in [1.807, 2.05) is 9.80 Å². The monoisotopic (exact) mass is 461 g/mol. The van der Waals surface area contributed by atoms with Crippen LogP contribution in [0.4, 0.5) is 24.5 Å². The zero-order chi connectivity index (χ0) is 23.8. The van der Waals surface area contributed by atoms with Crippen molar-refractivity contribution >= 4 is 29.2 Å². The van der Waals surface area contributed by atoms with Crippen molar-refractivity contribution in [3.63, 3.8) is 0 Å². The standard InChI is InChI=1S/C23H22F3N3O4/c1-33-22(32)15-5-7-17(8-6-15)29-20(30)14-19(21(29)31)28-11-9-27(10-12-28)18-4-2-3-16(13-18)23(24,25)26/h2-8,13,19H,9-12,14H2,1H3/t19-/m0/s1. The van der Waals surface area contributed by atoms with Gasteiger partial charge in [0.2, 0.25) is 5.91 Å². The van der Waals surface area contributed by atoms with Gasteiger partial charge in [-0.3, -0.25) is 14.5 Å². The molecule has 0 saturated carbocycles. The van der Waals surface area contributed by atoms with Gasteiger partial charge in [0.1, 0.15) is 0 Å². The second-order valence-electron chi connectivity index (χ2n) is 7.90. The fourth-order valence-electron chi connectivity index (χ4n) is 4.21. The maximum atomic E-state index is 13.0. The molecule has 2 amide bonds. The lowest BCUT2D eigenvalue weighted by atomic mass is 10.1. The van der Waals surface area contributed by atoms with Gasteiger partial charge in [-0.25, -0.2) is 9.69 Å². The Hall–Kier alpha value is -3.40. The topological polar surface area (TPSA) is 70.2 Å². The van der Waals surface area contributed by atoms with Crippen LogP contribution in [0, 0.1) is 0 Å². The molecule has 4 rings (SSSR count). The van der Waals surface area contributed by atoms with Gasteiger partial charge in [-0.2, -0.15) is 13.2 Å². The highest BCUT2D eigenvalue weighted by Gasteiger charge is 2.43. The fourth-order valence-corrected chi connectivity index (χ4v) is 4.21. The Morgan fingerprint density at radius 2 is 1.64 bits per heavy atom. The summed E-state index contributed by atoms with van der Waals surface area (Å²) in [4.78, 5) is 42.1. The second-order valence-corrected chi connectivity index (χ2v) is 7.90. The van der Waals surface area contributed by atoms with Crippen LogP contribution in [0.15, 0.2) is 48.5 Å². The summed E-state index contributed by atoms with van der Waals surface area (Å²) < 4.78 is 43.7. The first kappa shape index (κ1) is 22.8. The molecule has 2 aliphatic heterocycles. The molecule has 2 fully saturated rings. The number of ether oxygens (including phenoxy) is 1. The number of halogens is 3. The van der Waals surface area contributed by atoms with Crippen molar-refractivity contribution < 1.29 is 32.3 Å². The average molecular weight is 461 g/mol. The van der Waals surface area contributed by atoms with Gasteiger partial charge in [0, 0.05) is 31.9 Å². The summed E-state index contributed by atoms with van der Waals surface area (Å²) in [6.45, 7) is 1.75. The van der Waals surface area contributed by atoms with Crippen molar-refractivity contribution in [3.8, 4) is 0 Å². The molecule has 0 spiro atoms. The highest BCUT2D eigenvalue weighted by molar-refractivity contribution is 6.22. The van der Waals surface area contributed by atoms with Gasteiger partial charge in [-0.15, -0.1) is 0 Å². The number of imide groups is 1. The molecule has 2 aliphatic rings. The lowest BCUT2D eigenvalue weighted by molar-refractivity contribution is -0.137. The first-order chi connectivity index (χ1) is 15.7. The number of anilines is 2. The number of carbonyl (C=O) groups is 3. The molecule has 33 heavy (non-hydrogen) atoms. The predicted octanol–water partition coefficient (Wildman–Crippen LogP) is 2.95. The number of hydrogen-bond donors (Lipinski definition) is 0. The predicted molar refractivity (Wildman–Crippen MR) is 114 cm³/mol. The number of methoxy groups -OCH3 is 1. The first-order valence-corrected chi connectivity index (χ1v) is 10.4. The minimum atomic E-state index is -4.41. The van der Waals surface area contributed by atoms with E-state index in [1.165, 1.54) is 37.4 Å². The van der Waals surface area contributed by atoms with Gasteiger partial charge in [-0.05, 0) is 42.5 Å². The zero-order valence-corrected chi connectivity index (χ0v) is 17.8. The van der Waals surface area contributed by atoms with Gasteiger partial charge >= 0.3 is 12.1 Å². The molecule has 2 heterocycles. The highest BCUT2D eigenvalue weighted by atomic mass is 19.4. The van der Waals surface area contributed by atoms with Gasteiger partial charge in [0.25, 0.3) is 5.91 Å². The van der Waals surface area contributed by atoms with Crippen LogP contribution in [0.2, 0.25) is 0 Å². The SMILES string of the molecule is COC(=O)c1ccc(N2C(=O)C[C@H](N3CCN(c4cccc(C(F)(F)F)c4)CC3)C2=O)cc1. The summed E-state index contributed by atoms with van der Waals surface area (Å²) in [5, 5.41) is 0. The van der Waals surface area contributed by atoms with Gasteiger partial charge < -0.3 is 9.64 Å². The van der Waals surface area contributed by atoms with Gasteiger partial charge in [-0.1, -0.05) is 6.07 Å². The van der Waals surface area contributed by atoms with Crippen molar-refractivity contribution in [1.82, 2.24) is 4.90 Å². The van der Waals surface area contributed by atoms with Crippen LogP contribution in [0.1, 0.15) is 22.3 Å². The third-order valence-electron chi connectivity index (χ3n) is 5.96. The summed E-state index contributed by atoms with van der Waals surface area (Å²) in [6, 6.07) is 10.6. The van der Waals surface area contributed by atoms with E-state index in [0.29, 0.717) is 43.1 Å². The minimum Gasteiger partial charge on any atom is -0.465 e. The number of carbonyl (C=O) groups excluding carboxylic acids is 3. The van der Waals surface area contributed by atoms with Crippen LogP contribution >= 0.6 is 0 Å². The molecule has 2 aromatic rings. The van der Waals surface area contributed by atoms with E-state index in [1.54, 1.807) is 6.07 Å². The maximum Gasteiger partial charge on any atom is 0.416 e. The molecule has 1 atom stereocenters. The second kappa shape index (κ2) is 8.86. The first-order valence-electron chi connectivity index (χ1n) is 10.4. The number of benzene rings is 2. The molecule has 7 nitrogen and oxygen atoms in total. The molecule has 2 saturated heterocycles. The Labute approximate surface area is 188 Å². The smallest absolute Gasteiger partial charge is 0.416 e. The van der Waals surface area contributed by atoms with Crippen molar-refractivity contribution in [1.29, 1.82) is 0 Å². The lowest BCUT2D eigenvalue weighted by Gasteiger charge is -2.38. The van der Waals surface area contributed by atoms with Crippen LogP contribution in [-0.2, 0) is 20.5 Å². The van der Waals surface area contributed by atoms with Crippen LogP contribution in [0.3, 0.4) is 0 Å². The van der Waals surface area contributed by atoms with Gasteiger partial charge in [0.05, 0.1) is 36.4 Å². The molecule has 0 aromatic heterocycles. The Balaban J connectivity index is 1.42. The normalized spacial score (nSPS) is 19.8. The molecule has 0 N–H and O–H groups in total. The van der Waals surface area contributed by atoms with Crippen molar-refractivity contribution in [2.45, 2.75) is 18.6 Å². The largest absolute Gasteiger partial charge is 0.465 e. The number of amides is 2. The summed E-state index contributed by atoms with van der Waals surface area (Å²) in [5.41, 5.74) is 0.462. The van der Waals surface area contributed by atoms with E-state index < -0.39 is 23.8 Å². The van der Waals surface area contributed by atoms with E-state index in [-0.39, 0.29) is 18.2 Å². The molecule has 174 valence electrons. The summed E-state index contributed by atoms with van der Waals surface area (Å²) in [5.74, 6) is -1.20. The molecule has 0 aliphatic carbocycles. The third-order valence-corrected chi connectivity index (χ3v) is 5.96. The van der Waals surface area contributed by atoms with Crippen molar-refractivity contribution in [2.24, 2.45) is 0 Å². The third kappa shape index (κ3) is 4.56. The maximum absolute atomic E-state index is 13.0. The number of alkyl halides is 3. The van der Waals surface area contributed by atoms with Crippen LogP contribution in [0.5, 0.6) is 0 Å².